The zero-order valence-electron chi connectivity index (χ0n) is 18.6. The monoisotopic (exact) mass is 444 g/mol. The quantitative estimate of drug-likeness (QED) is 0.510. The molecule has 0 fully saturated rings. The second-order valence-corrected chi connectivity index (χ2v) is 8.63. The summed E-state index contributed by atoms with van der Waals surface area (Å²) in [5, 5.41) is 3.01. The molecule has 0 radical (unpaired) electrons. The van der Waals surface area contributed by atoms with Gasteiger partial charge in [0.25, 0.3) is 0 Å². The molecule has 0 aromatic heterocycles. The second kappa shape index (κ2) is 13.2. The first-order chi connectivity index (χ1) is 15.0. The molecule has 2 rings (SSSR count). The molecule has 2 atom stereocenters. The molecule has 0 saturated carbocycles. The Morgan fingerprint density at radius 3 is 2.35 bits per heavy atom. The largest absolute Gasteiger partial charge is 0.352 e. The van der Waals surface area contributed by atoms with Crippen LogP contribution in [0.3, 0.4) is 0 Å². The molecule has 2 aromatic rings. The second-order valence-electron chi connectivity index (χ2n) is 7.65. The van der Waals surface area contributed by atoms with Crippen molar-refractivity contribution in [3.63, 3.8) is 0 Å². The summed E-state index contributed by atoms with van der Waals surface area (Å²) in [6.07, 6.45) is 2.05. The maximum absolute atomic E-state index is 13.9. The Labute approximate surface area is 189 Å². The topological polar surface area (TPSA) is 49.4 Å². The Kier molecular flexibility index (Phi) is 10.6. The van der Waals surface area contributed by atoms with Crippen LogP contribution in [0.1, 0.15) is 44.7 Å². The van der Waals surface area contributed by atoms with Gasteiger partial charge in [-0.25, -0.2) is 4.39 Å². The zero-order valence-corrected chi connectivity index (χ0v) is 19.5. The van der Waals surface area contributed by atoms with E-state index in [0.717, 1.165) is 12.0 Å². The van der Waals surface area contributed by atoms with Crippen molar-refractivity contribution in [1.29, 1.82) is 0 Å². The Morgan fingerprint density at radius 2 is 1.71 bits per heavy atom. The number of benzene rings is 2. The molecule has 1 N–H and O–H groups in total. The average Bonchev–Trinajstić information content (AvgIpc) is 2.78. The fourth-order valence-corrected chi connectivity index (χ4v) is 4.18. The third-order valence-corrected chi connectivity index (χ3v) is 6.28. The summed E-state index contributed by atoms with van der Waals surface area (Å²) in [6, 6.07) is 16.1. The number of rotatable bonds is 12. The van der Waals surface area contributed by atoms with Crippen molar-refractivity contribution in [2.45, 2.75) is 57.9 Å². The molecule has 0 unspecified atom stereocenters. The number of halogens is 1. The molecule has 0 aliphatic carbocycles. The number of hydrogen-bond acceptors (Lipinski definition) is 3. The first kappa shape index (κ1) is 24.9. The van der Waals surface area contributed by atoms with Crippen molar-refractivity contribution in [3.8, 4) is 0 Å². The molecule has 0 aliphatic heterocycles. The summed E-state index contributed by atoms with van der Waals surface area (Å²) in [5.41, 5.74) is 1.70. The van der Waals surface area contributed by atoms with Gasteiger partial charge in [-0.05, 0) is 43.4 Å². The van der Waals surface area contributed by atoms with Gasteiger partial charge in [0.1, 0.15) is 11.9 Å². The lowest BCUT2D eigenvalue weighted by atomic mass is 10.1. The minimum Gasteiger partial charge on any atom is -0.352 e. The standard InChI is InChI=1S/C25H33FN2O2S/c1-4-19(3)27-25(30)23(5-2)28(16-15-20-11-7-6-8-12-20)24(29)18-31-17-21-13-9-10-14-22(21)26/h6-14,19,23H,4-5,15-18H2,1-3H3,(H,27,30)/t19-,23+/m1/s1. The molecule has 0 heterocycles. The van der Waals surface area contributed by atoms with Crippen LogP contribution >= 0.6 is 11.8 Å². The normalized spacial score (nSPS) is 12.8. The molecule has 0 saturated heterocycles. The summed E-state index contributed by atoms with van der Waals surface area (Å²) in [6.45, 7) is 6.38. The van der Waals surface area contributed by atoms with Crippen LogP contribution in [0.5, 0.6) is 0 Å². The van der Waals surface area contributed by atoms with Crippen molar-refractivity contribution >= 4 is 23.6 Å². The highest BCUT2D eigenvalue weighted by Gasteiger charge is 2.28. The molecule has 2 aromatic carbocycles. The minimum atomic E-state index is -0.515. The highest BCUT2D eigenvalue weighted by Crippen LogP contribution is 2.18. The van der Waals surface area contributed by atoms with Gasteiger partial charge in [0.2, 0.25) is 11.8 Å². The predicted octanol–water partition coefficient (Wildman–Crippen LogP) is 4.82. The number of nitrogens with zero attached hydrogens (tertiary/aromatic N) is 1. The number of nitrogens with one attached hydrogen (secondary N) is 1. The Balaban J connectivity index is 2.07. The molecule has 0 aliphatic rings. The van der Waals surface area contributed by atoms with Crippen LogP contribution in [-0.2, 0) is 21.8 Å². The van der Waals surface area contributed by atoms with Crippen LogP contribution in [0.25, 0.3) is 0 Å². The molecule has 31 heavy (non-hydrogen) atoms. The SMILES string of the molecule is CC[C@@H](C)NC(=O)[C@H](CC)N(CCc1ccccc1)C(=O)CSCc1ccccc1F. The summed E-state index contributed by atoms with van der Waals surface area (Å²) >= 11 is 1.37. The van der Waals surface area contributed by atoms with Gasteiger partial charge in [0.15, 0.2) is 0 Å². The molecular weight excluding hydrogens is 411 g/mol. The van der Waals surface area contributed by atoms with E-state index in [-0.39, 0.29) is 29.4 Å². The first-order valence-electron chi connectivity index (χ1n) is 10.9. The number of carbonyl (C=O) groups excluding carboxylic acids is 2. The van der Waals surface area contributed by atoms with E-state index >= 15 is 0 Å². The molecular formula is C25H33FN2O2S. The van der Waals surface area contributed by atoms with E-state index in [0.29, 0.717) is 30.7 Å². The van der Waals surface area contributed by atoms with E-state index in [4.69, 9.17) is 0 Å². The van der Waals surface area contributed by atoms with Gasteiger partial charge in [-0.3, -0.25) is 9.59 Å². The van der Waals surface area contributed by atoms with Gasteiger partial charge in [0.05, 0.1) is 5.75 Å². The van der Waals surface area contributed by atoms with Crippen molar-refractivity contribution < 1.29 is 14.0 Å². The molecule has 0 spiro atoms. The lowest BCUT2D eigenvalue weighted by Gasteiger charge is -2.31. The molecule has 168 valence electrons. The van der Waals surface area contributed by atoms with Crippen LogP contribution in [0, 0.1) is 5.82 Å². The number of thioether (sulfide) groups is 1. The number of amides is 2. The smallest absolute Gasteiger partial charge is 0.243 e. The van der Waals surface area contributed by atoms with Crippen molar-refractivity contribution in [2.75, 3.05) is 12.3 Å². The highest BCUT2D eigenvalue weighted by molar-refractivity contribution is 7.99. The van der Waals surface area contributed by atoms with E-state index in [1.807, 2.05) is 51.1 Å². The van der Waals surface area contributed by atoms with Gasteiger partial charge in [-0.2, -0.15) is 0 Å². The predicted molar refractivity (Wildman–Crippen MR) is 126 cm³/mol. The third kappa shape index (κ3) is 8.02. The fourth-order valence-electron chi connectivity index (χ4n) is 3.28. The van der Waals surface area contributed by atoms with Gasteiger partial charge < -0.3 is 10.2 Å². The number of hydrogen-bond donors (Lipinski definition) is 1. The van der Waals surface area contributed by atoms with Gasteiger partial charge >= 0.3 is 0 Å². The van der Waals surface area contributed by atoms with E-state index < -0.39 is 6.04 Å². The van der Waals surface area contributed by atoms with Gasteiger partial charge in [0, 0.05) is 18.3 Å². The Morgan fingerprint density at radius 1 is 1.03 bits per heavy atom. The van der Waals surface area contributed by atoms with E-state index in [2.05, 4.69) is 5.32 Å². The molecule has 0 bridgehead atoms. The van der Waals surface area contributed by atoms with Gasteiger partial charge in [-0.15, -0.1) is 11.8 Å². The van der Waals surface area contributed by atoms with E-state index in [1.54, 1.807) is 23.1 Å². The van der Waals surface area contributed by atoms with Crippen molar-refractivity contribution in [1.82, 2.24) is 10.2 Å². The average molecular weight is 445 g/mol. The Bertz CT molecular complexity index is 831. The molecule has 4 nitrogen and oxygen atoms in total. The molecule has 6 heteroatoms. The Hall–Kier alpha value is -2.34. The maximum Gasteiger partial charge on any atom is 0.243 e. The maximum atomic E-state index is 13.9. The summed E-state index contributed by atoms with van der Waals surface area (Å²) in [7, 11) is 0. The molecule has 2 amide bonds. The third-order valence-electron chi connectivity index (χ3n) is 5.31. The van der Waals surface area contributed by atoms with Crippen LogP contribution in [0.2, 0.25) is 0 Å². The van der Waals surface area contributed by atoms with Crippen LogP contribution in [-0.4, -0.2) is 41.1 Å². The highest BCUT2D eigenvalue weighted by atomic mass is 32.2. The summed E-state index contributed by atoms with van der Waals surface area (Å²) in [5.74, 6) is 0.153. The first-order valence-corrected chi connectivity index (χ1v) is 12.1. The van der Waals surface area contributed by atoms with Crippen molar-refractivity contribution in [3.05, 3.63) is 71.5 Å². The van der Waals surface area contributed by atoms with Crippen LogP contribution in [0.15, 0.2) is 54.6 Å². The zero-order chi connectivity index (χ0) is 22.6. The summed E-state index contributed by atoms with van der Waals surface area (Å²) in [4.78, 5) is 27.7. The fraction of sp³-hybridized carbons (Fsp3) is 0.440. The van der Waals surface area contributed by atoms with Gasteiger partial charge in [-0.1, -0.05) is 62.4 Å². The van der Waals surface area contributed by atoms with Crippen LogP contribution in [0.4, 0.5) is 4.39 Å². The number of carbonyl (C=O) groups is 2. The van der Waals surface area contributed by atoms with Crippen LogP contribution < -0.4 is 5.32 Å². The van der Waals surface area contributed by atoms with E-state index in [9.17, 15) is 14.0 Å². The van der Waals surface area contributed by atoms with E-state index in [1.165, 1.54) is 17.8 Å². The summed E-state index contributed by atoms with van der Waals surface area (Å²) < 4.78 is 13.9. The lowest BCUT2D eigenvalue weighted by Crippen LogP contribution is -2.52. The van der Waals surface area contributed by atoms with Crippen molar-refractivity contribution in [2.24, 2.45) is 0 Å². The minimum absolute atomic E-state index is 0.0584. The lowest BCUT2D eigenvalue weighted by molar-refractivity contribution is -0.139.